The third kappa shape index (κ3) is 4.35. The van der Waals surface area contributed by atoms with Gasteiger partial charge in [-0.1, -0.05) is 52.4 Å². The fourth-order valence-corrected chi connectivity index (χ4v) is 5.51. The second-order valence-corrected chi connectivity index (χ2v) is 9.67. The molecular formula is C26H32N4O3S. The first-order chi connectivity index (χ1) is 16.5. The van der Waals surface area contributed by atoms with Crippen molar-refractivity contribution in [2.45, 2.75) is 91.9 Å². The molecule has 0 atom stereocenters. The van der Waals surface area contributed by atoms with Gasteiger partial charge in [-0.05, 0) is 48.1 Å². The highest BCUT2D eigenvalue weighted by atomic mass is 32.1. The van der Waals surface area contributed by atoms with Crippen molar-refractivity contribution in [1.82, 2.24) is 19.1 Å². The lowest BCUT2D eigenvalue weighted by molar-refractivity contribution is 0.0971. The Balaban J connectivity index is 1.96. The van der Waals surface area contributed by atoms with Crippen LogP contribution in [0, 0.1) is 13.8 Å². The van der Waals surface area contributed by atoms with Gasteiger partial charge in [0, 0.05) is 34.7 Å². The summed E-state index contributed by atoms with van der Waals surface area (Å²) in [6, 6.07) is 0. The van der Waals surface area contributed by atoms with Crippen LogP contribution in [0.5, 0.6) is 0 Å². The first-order valence-electron chi connectivity index (χ1n) is 12.4. The highest BCUT2D eigenvalue weighted by molar-refractivity contribution is 7.00. The zero-order chi connectivity index (χ0) is 24.2. The summed E-state index contributed by atoms with van der Waals surface area (Å²) in [5.74, 6) is 0.0889. The molecule has 2 aromatic carbocycles. The van der Waals surface area contributed by atoms with Crippen molar-refractivity contribution in [2.24, 2.45) is 0 Å². The summed E-state index contributed by atoms with van der Waals surface area (Å²) in [5, 5.41) is 9.62. The van der Waals surface area contributed by atoms with E-state index in [9.17, 15) is 9.59 Å². The smallest absolute Gasteiger partial charge is 0.163 e. The average Bonchev–Trinajstić information content (AvgIpc) is 3.51. The van der Waals surface area contributed by atoms with Crippen LogP contribution in [-0.4, -0.2) is 30.6 Å². The molecule has 0 N–H and O–H groups in total. The molecule has 0 radical (unpaired) electrons. The second-order valence-electron chi connectivity index (χ2n) is 9.14. The van der Waals surface area contributed by atoms with E-state index in [1.54, 1.807) is 0 Å². The molecule has 0 bridgehead atoms. The van der Waals surface area contributed by atoms with Gasteiger partial charge in [-0.15, -0.1) is 0 Å². The van der Waals surface area contributed by atoms with Crippen molar-refractivity contribution in [1.29, 1.82) is 0 Å². The third-order valence-electron chi connectivity index (χ3n) is 6.73. The summed E-state index contributed by atoms with van der Waals surface area (Å²) in [5.41, 5.74) is 5.06. The predicted octanol–water partition coefficient (Wildman–Crippen LogP) is 7.30. The predicted molar refractivity (Wildman–Crippen MR) is 136 cm³/mol. The Morgan fingerprint density at radius 3 is 1.76 bits per heavy atom. The molecule has 2 aromatic heterocycles. The van der Waals surface area contributed by atoms with Gasteiger partial charge in [0.25, 0.3) is 0 Å². The molecule has 0 fully saturated rings. The number of ketones is 2. The van der Waals surface area contributed by atoms with Crippen LogP contribution in [0.2, 0.25) is 0 Å². The monoisotopic (exact) mass is 480 g/mol. The van der Waals surface area contributed by atoms with Gasteiger partial charge in [0.2, 0.25) is 0 Å². The number of hydrogen-bond donors (Lipinski definition) is 0. The molecule has 7 nitrogen and oxygen atoms in total. The summed E-state index contributed by atoms with van der Waals surface area (Å²) in [6.07, 6.45) is 9.02. The van der Waals surface area contributed by atoms with Crippen molar-refractivity contribution < 1.29 is 14.2 Å². The summed E-state index contributed by atoms with van der Waals surface area (Å²) in [7, 11) is 0. The molecule has 0 aliphatic rings. The Hall–Kier alpha value is -2.74. The van der Waals surface area contributed by atoms with E-state index in [4.69, 9.17) is 4.63 Å². The maximum Gasteiger partial charge on any atom is 0.163 e. The standard InChI is InChI=1S/C26H32N4O3S/c1-5-7-9-11-13-17(31)19-15(3)23-25(28-33-27-23)21-20(18(32)14-12-10-8-6-2)16(4)24-26(22(19)21)30-34-29-24/h5-14H2,1-4H3. The fourth-order valence-electron chi connectivity index (χ4n) is 4.90. The highest BCUT2D eigenvalue weighted by Gasteiger charge is 2.29. The minimum atomic E-state index is 0.0444. The SMILES string of the molecule is CCCCCCC(=O)c1c(C)c2nsnc2c2c(C(=O)CCCCCC)c(C)c3nonc3c12. The topological polar surface area (TPSA) is 98.8 Å². The van der Waals surface area contributed by atoms with Crippen molar-refractivity contribution >= 4 is 56.1 Å². The van der Waals surface area contributed by atoms with Crippen LogP contribution in [0.15, 0.2) is 4.63 Å². The van der Waals surface area contributed by atoms with Gasteiger partial charge in [-0.25, -0.2) is 4.63 Å². The number of hydrogen-bond acceptors (Lipinski definition) is 8. The van der Waals surface area contributed by atoms with Crippen molar-refractivity contribution in [2.75, 3.05) is 0 Å². The molecule has 34 heavy (non-hydrogen) atoms. The molecule has 180 valence electrons. The number of carbonyl (C=O) groups is 2. The highest BCUT2D eigenvalue weighted by Crippen LogP contribution is 2.40. The number of fused-ring (bicyclic) bond motifs is 5. The van der Waals surface area contributed by atoms with E-state index in [-0.39, 0.29) is 11.6 Å². The first kappa shape index (κ1) is 24.4. The number of aromatic nitrogens is 4. The van der Waals surface area contributed by atoms with Gasteiger partial charge < -0.3 is 0 Å². The van der Waals surface area contributed by atoms with E-state index in [1.807, 2.05) is 13.8 Å². The number of aryl methyl sites for hydroxylation is 2. The Bertz CT molecular complexity index is 1250. The number of carbonyl (C=O) groups excluding carboxylic acids is 2. The normalized spacial score (nSPS) is 11.8. The van der Waals surface area contributed by atoms with Gasteiger partial charge in [0.1, 0.15) is 22.1 Å². The van der Waals surface area contributed by atoms with Crippen molar-refractivity contribution in [3.05, 3.63) is 22.3 Å². The fraction of sp³-hybridized carbons (Fsp3) is 0.538. The molecule has 8 heteroatoms. The molecule has 2 heterocycles. The van der Waals surface area contributed by atoms with Gasteiger partial charge in [-0.2, -0.15) is 8.75 Å². The zero-order valence-electron chi connectivity index (χ0n) is 20.5. The first-order valence-corrected chi connectivity index (χ1v) is 13.1. The van der Waals surface area contributed by atoms with Crippen LogP contribution >= 0.6 is 11.7 Å². The lowest BCUT2D eigenvalue weighted by atomic mass is 9.86. The van der Waals surface area contributed by atoms with Crippen molar-refractivity contribution in [3.8, 4) is 0 Å². The molecule has 0 saturated carbocycles. The molecule has 4 aromatic rings. The molecule has 0 saturated heterocycles. The molecule has 0 aliphatic carbocycles. The van der Waals surface area contributed by atoms with E-state index in [2.05, 4.69) is 32.9 Å². The van der Waals surface area contributed by atoms with Crippen LogP contribution in [-0.2, 0) is 0 Å². The Morgan fingerprint density at radius 1 is 0.676 bits per heavy atom. The van der Waals surface area contributed by atoms with E-state index in [0.29, 0.717) is 56.8 Å². The molecule has 4 rings (SSSR count). The van der Waals surface area contributed by atoms with E-state index >= 15 is 0 Å². The van der Waals surface area contributed by atoms with E-state index in [1.165, 1.54) is 0 Å². The maximum atomic E-state index is 13.6. The minimum Gasteiger partial charge on any atom is -0.294 e. The number of Topliss-reactive ketones (excluding diaryl/α,β-unsaturated/α-hetero) is 2. The Labute approximate surface area is 203 Å². The summed E-state index contributed by atoms with van der Waals surface area (Å²) >= 11 is 1.10. The quantitative estimate of drug-likeness (QED) is 0.155. The van der Waals surface area contributed by atoms with Crippen LogP contribution in [0.25, 0.3) is 32.8 Å². The maximum absolute atomic E-state index is 13.6. The lowest BCUT2D eigenvalue weighted by Crippen LogP contribution is -2.09. The second kappa shape index (κ2) is 10.7. The zero-order valence-corrected chi connectivity index (χ0v) is 21.3. The lowest BCUT2D eigenvalue weighted by Gasteiger charge is -2.15. The molecule has 0 amide bonds. The average molecular weight is 481 g/mol. The number of unbranched alkanes of at least 4 members (excludes halogenated alkanes) is 6. The Kier molecular flexibility index (Phi) is 7.66. The summed E-state index contributed by atoms with van der Waals surface area (Å²) in [6.45, 7) is 8.09. The number of rotatable bonds is 12. The minimum absolute atomic E-state index is 0.0444. The molecule has 0 unspecified atom stereocenters. The molecule has 0 spiro atoms. The molecule has 0 aliphatic heterocycles. The molecular weight excluding hydrogens is 448 g/mol. The summed E-state index contributed by atoms with van der Waals surface area (Å²) in [4.78, 5) is 27.2. The Morgan fingerprint density at radius 2 is 1.18 bits per heavy atom. The third-order valence-corrected chi connectivity index (χ3v) is 7.26. The van der Waals surface area contributed by atoms with Crippen LogP contribution < -0.4 is 0 Å². The van der Waals surface area contributed by atoms with Crippen molar-refractivity contribution in [3.63, 3.8) is 0 Å². The van der Waals surface area contributed by atoms with E-state index < -0.39 is 0 Å². The van der Waals surface area contributed by atoms with Crippen LogP contribution in [0.3, 0.4) is 0 Å². The van der Waals surface area contributed by atoms with Gasteiger partial charge in [0.15, 0.2) is 11.6 Å². The van der Waals surface area contributed by atoms with Gasteiger partial charge in [0.05, 0.1) is 11.7 Å². The van der Waals surface area contributed by atoms with Crippen LogP contribution in [0.1, 0.15) is 110 Å². The largest absolute Gasteiger partial charge is 0.294 e. The summed E-state index contributed by atoms with van der Waals surface area (Å²) < 4.78 is 14.2. The van der Waals surface area contributed by atoms with Crippen LogP contribution in [0.4, 0.5) is 0 Å². The van der Waals surface area contributed by atoms with Gasteiger partial charge in [-0.3, -0.25) is 9.59 Å². The van der Waals surface area contributed by atoms with E-state index in [0.717, 1.165) is 74.2 Å². The number of benzene rings is 2. The number of nitrogens with zero attached hydrogens (tertiary/aromatic N) is 4. The van der Waals surface area contributed by atoms with Gasteiger partial charge >= 0.3 is 0 Å².